The van der Waals surface area contributed by atoms with Gasteiger partial charge in [-0.3, -0.25) is 13.9 Å². The van der Waals surface area contributed by atoms with Gasteiger partial charge in [0, 0.05) is 24.0 Å². The van der Waals surface area contributed by atoms with Crippen LogP contribution in [0.3, 0.4) is 0 Å². The molecule has 6 nitrogen and oxygen atoms in total. The molecule has 0 saturated carbocycles. The molecule has 142 valence electrons. The van der Waals surface area contributed by atoms with E-state index in [9.17, 15) is 9.59 Å². The van der Waals surface area contributed by atoms with Crippen LogP contribution in [0.15, 0.2) is 74.2 Å². The van der Waals surface area contributed by atoms with Gasteiger partial charge in [0.05, 0.1) is 6.54 Å². The maximum Gasteiger partial charge on any atom is 0.332 e. The quantitative estimate of drug-likeness (QED) is 0.516. The van der Waals surface area contributed by atoms with Crippen molar-refractivity contribution in [3.63, 3.8) is 0 Å². The molecule has 0 atom stereocenters. The summed E-state index contributed by atoms with van der Waals surface area (Å²) in [6.07, 6.45) is 0. The molecule has 0 unspecified atom stereocenters. The van der Waals surface area contributed by atoms with E-state index in [2.05, 4.69) is 4.98 Å². The fourth-order valence-corrected chi connectivity index (χ4v) is 4.05. The van der Waals surface area contributed by atoms with Gasteiger partial charge >= 0.3 is 5.69 Å². The van der Waals surface area contributed by atoms with E-state index in [1.807, 2.05) is 59.2 Å². The normalized spacial score (nSPS) is 11.2. The lowest BCUT2D eigenvalue weighted by Gasteiger charge is -2.10. The first kappa shape index (κ1) is 18.6. The predicted octanol–water partition coefficient (Wildman–Crippen LogP) is 3.29. The molecule has 0 N–H and O–H groups in total. The minimum absolute atomic E-state index is 0.362. The zero-order valence-corrected chi connectivity index (χ0v) is 16.9. The molecule has 28 heavy (non-hydrogen) atoms. The van der Waals surface area contributed by atoms with E-state index in [1.165, 1.54) is 23.4 Å². The predicted molar refractivity (Wildman–Crippen MR) is 111 cm³/mol. The number of nitrogens with zero attached hydrogens (tertiary/aromatic N) is 4. The Bertz CT molecular complexity index is 1270. The molecule has 0 aliphatic rings. The van der Waals surface area contributed by atoms with Gasteiger partial charge in [0.1, 0.15) is 0 Å². The van der Waals surface area contributed by atoms with E-state index in [4.69, 9.17) is 11.6 Å². The second-order valence-electron chi connectivity index (χ2n) is 6.40. The molecule has 0 spiro atoms. The van der Waals surface area contributed by atoms with Gasteiger partial charge in [-0.05, 0) is 29.8 Å². The molecule has 0 aliphatic heterocycles. The van der Waals surface area contributed by atoms with E-state index in [-0.39, 0.29) is 5.56 Å². The van der Waals surface area contributed by atoms with E-state index in [1.54, 1.807) is 7.05 Å². The van der Waals surface area contributed by atoms with Gasteiger partial charge in [-0.25, -0.2) is 9.78 Å². The molecule has 4 aromatic rings. The Kier molecular flexibility index (Phi) is 4.87. The van der Waals surface area contributed by atoms with Crippen molar-refractivity contribution < 1.29 is 0 Å². The van der Waals surface area contributed by atoms with Gasteiger partial charge in [0.15, 0.2) is 16.3 Å². The van der Waals surface area contributed by atoms with Crippen LogP contribution in [0.25, 0.3) is 11.2 Å². The molecule has 2 aromatic heterocycles. The largest absolute Gasteiger partial charge is 0.332 e. The van der Waals surface area contributed by atoms with Crippen LogP contribution in [0.1, 0.15) is 5.56 Å². The van der Waals surface area contributed by atoms with Crippen LogP contribution < -0.4 is 11.2 Å². The molecule has 0 radical (unpaired) electrons. The van der Waals surface area contributed by atoms with E-state index in [0.29, 0.717) is 27.9 Å². The number of aryl methyl sites for hydroxylation is 1. The third-order valence-corrected chi connectivity index (χ3v) is 5.77. The third kappa shape index (κ3) is 3.27. The molecule has 2 heterocycles. The Morgan fingerprint density at radius 2 is 1.64 bits per heavy atom. The third-order valence-electron chi connectivity index (χ3n) is 4.52. The monoisotopic (exact) mass is 412 g/mol. The average molecular weight is 413 g/mol. The molecule has 8 heteroatoms. The van der Waals surface area contributed by atoms with Crippen LogP contribution in [-0.2, 0) is 20.6 Å². The first-order chi connectivity index (χ1) is 13.5. The summed E-state index contributed by atoms with van der Waals surface area (Å²) in [5, 5.41) is 1.30. The highest BCUT2D eigenvalue weighted by atomic mass is 35.5. The van der Waals surface area contributed by atoms with E-state index in [0.717, 1.165) is 15.0 Å². The summed E-state index contributed by atoms with van der Waals surface area (Å²) >= 11 is 7.45. The Morgan fingerprint density at radius 1 is 0.964 bits per heavy atom. The average Bonchev–Trinajstić information content (AvgIpc) is 3.05. The first-order valence-electron chi connectivity index (χ1n) is 8.59. The number of benzene rings is 2. The summed E-state index contributed by atoms with van der Waals surface area (Å²) in [4.78, 5) is 30.9. The van der Waals surface area contributed by atoms with Crippen molar-refractivity contribution in [3.8, 4) is 0 Å². The summed E-state index contributed by atoms with van der Waals surface area (Å²) in [6, 6.07) is 17.3. The van der Waals surface area contributed by atoms with Crippen molar-refractivity contribution in [1.29, 1.82) is 0 Å². The molecule has 4 rings (SSSR count). The minimum atomic E-state index is -0.398. The number of rotatable bonds is 4. The van der Waals surface area contributed by atoms with Gasteiger partial charge in [-0.2, -0.15) is 0 Å². The standard InChI is InChI=1S/C20H17ClN4O2S/c1-23-17-16(18(26)24(2)20(23)27)25(12-13-8-10-14(21)11-9-13)19(22-17)28-15-6-4-3-5-7-15/h3-11H,12H2,1-2H3. The Labute approximate surface area is 170 Å². The Hall–Kier alpha value is -2.77. The maximum absolute atomic E-state index is 12.9. The molecule has 2 aromatic carbocycles. The number of hydrogen-bond acceptors (Lipinski definition) is 4. The van der Waals surface area contributed by atoms with Crippen molar-refractivity contribution in [2.45, 2.75) is 16.6 Å². The van der Waals surface area contributed by atoms with Crippen LogP contribution in [0.4, 0.5) is 0 Å². The number of imidazole rings is 1. The Morgan fingerprint density at radius 3 is 2.32 bits per heavy atom. The van der Waals surface area contributed by atoms with Gasteiger partial charge in [0.25, 0.3) is 5.56 Å². The molecule has 0 amide bonds. The van der Waals surface area contributed by atoms with E-state index < -0.39 is 5.69 Å². The number of hydrogen-bond donors (Lipinski definition) is 0. The number of aromatic nitrogens is 4. The van der Waals surface area contributed by atoms with Crippen molar-refractivity contribution >= 4 is 34.5 Å². The molecule has 0 bridgehead atoms. The lowest BCUT2D eigenvalue weighted by Crippen LogP contribution is -2.37. The fraction of sp³-hybridized carbons (Fsp3) is 0.150. The van der Waals surface area contributed by atoms with Crippen molar-refractivity contribution in [2.75, 3.05) is 0 Å². The topological polar surface area (TPSA) is 61.8 Å². The highest BCUT2D eigenvalue weighted by Crippen LogP contribution is 2.29. The van der Waals surface area contributed by atoms with Crippen LogP contribution in [0.5, 0.6) is 0 Å². The first-order valence-corrected chi connectivity index (χ1v) is 9.79. The lowest BCUT2D eigenvalue weighted by atomic mass is 10.2. The van der Waals surface area contributed by atoms with Crippen LogP contribution in [-0.4, -0.2) is 18.7 Å². The molecular weight excluding hydrogens is 396 g/mol. The van der Waals surface area contributed by atoms with Crippen molar-refractivity contribution in [1.82, 2.24) is 18.7 Å². The zero-order chi connectivity index (χ0) is 19.8. The van der Waals surface area contributed by atoms with Crippen molar-refractivity contribution in [3.05, 3.63) is 86.0 Å². The highest BCUT2D eigenvalue weighted by Gasteiger charge is 2.20. The minimum Gasteiger partial charge on any atom is -0.308 e. The fourth-order valence-electron chi connectivity index (χ4n) is 3.02. The van der Waals surface area contributed by atoms with Gasteiger partial charge in [-0.1, -0.05) is 53.7 Å². The molecule has 0 aliphatic carbocycles. The molecular formula is C20H17ClN4O2S. The smallest absolute Gasteiger partial charge is 0.308 e. The van der Waals surface area contributed by atoms with Gasteiger partial charge in [0.2, 0.25) is 0 Å². The van der Waals surface area contributed by atoms with Crippen LogP contribution >= 0.6 is 23.4 Å². The number of fused-ring (bicyclic) bond motifs is 1. The number of halogens is 1. The highest BCUT2D eigenvalue weighted by molar-refractivity contribution is 7.99. The van der Waals surface area contributed by atoms with Crippen LogP contribution in [0, 0.1) is 0 Å². The zero-order valence-electron chi connectivity index (χ0n) is 15.3. The summed E-state index contributed by atoms with van der Waals surface area (Å²) in [6.45, 7) is 0.441. The van der Waals surface area contributed by atoms with Crippen molar-refractivity contribution in [2.24, 2.45) is 14.1 Å². The summed E-state index contributed by atoms with van der Waals surface area (Å²) in [5.41, 5.74) is 0.998. The summed E-state index contributed by atoms with van der Waals surface area (Å²) in [5.74, 6) is 0. The maximum atomic E-state index is 12.9. The molecule has 0 fully saturated rings. The van der Waals surface area contributed by atoms with Gasteiger partial charge < -0.3 is 4.57 Å². The summed E-state index contributed by atoms with van der Waals surface area (Å²) in [7, 11) is 3.11. The molecule has 0 saturated heterocycles. The second-order valence-corrected chi connectivity index (χ2v) is 7.88. The Balaban J connectivity index is 1.95. The van der Waals surface area contributed by atoms with E-state index >= 15 is 0 Å². The SMILES string of the molecule is Cn1c(=O)c2c(nc(Sc3ccccc3)n2Cc2ccc(Cl)cc2)n(C)c1=O. The van der Waals surface area contributed by atoms with Gasteiger partial charge in [-0.15, -0.1) is 0 Å². The lowest BCUT2D eigenvalue weighted by molar-refractivity contribution is 0.696. The second kappa shape index (κ2) is 7.33. The summed E-state index contributed by atoms with van der Waals surface area (Å²) < 4.78 is 4.38. The van der Waals surface area contributed by atoms with Crippen LogP contribution in [0.2, 0.25) is 5.02 Å².